The number of rotatable bonds is 3. The lowest BCUT2D eigenvalue weighted by Gasteiger charge is -2.12. The molecule has 5 rings (SSSR count). The molecule has 0 aromatic heterocycles. The Kier molecular flexibility index (Phi) is 3.62. The third-order valence-corrected chi connectivity index (χ3v) is 4.52. The molecule has 2 heteroatoms. The van der Waals surface area contributed by atoms with Crippen molar-refractivity contribution in [1.82, 2.24) is 0 Å². The van der Waals surface area contributed by atoms with E-state index in [2.05, 4.69) is 66.7 Å². The average Bonchev–Trinajstić information content (AvgIpc) is 3.42. The quantitative estimate of drug-likeness (QED) is 0.280. The van der Waals surface area contributed by atoms with Crippen LogP contribution in [-0.2, 0) is 4.74 Å². The molecule has 1 saturated heterocycles. The SMILES string of the molecule is C.c1ccc2cc3c(ccc4cccc(OCC5CO5)c43)cc2c1. The molecule has 0 aliphatic carbocycles. The molecule has 0 saturated carbocycles. The van der Waals surface area contributed by atoms with Crippen molar-refractivity contribution in [3.05, 3.63) is 66.7 Å². The van der Waals surface area contributed by atoms with Gasteiger partial charge in [0.25, 0.3) is 0 Å². The summed E-state index contributed by atoms with van der Waals surface area (Å²) in [4.78, 5) is 0. The molecule has 1 unspecified atom stereocenters. The minimum Gasteiger partial charge on any atom is -0.490 e. The lowest BCUT2D eigenvalue weighted by atomic mass is 9.98. The molecule has 0 amide bonds. The molecule has 1 heterocycles. The smallest absolute Gasteiger partial charge is 0.127 e. The first-order chi connectivity index (χ1) is 11.4. The summed E-state index contributed by atoms with van der Waals surface area (Å²) in [5, 5.41) is 7.42. The second-order valence-electron chi connectivity index (χ2n) is 6.11. The van der Waals surface area contributed by atoms with E-state index < -0.39 is 0 Å². The fourth-order valence-corrected chi connectivity index (χ4v) is 3.23. The first-order valence-electron chi connectivity index (χ1n) is 7.97. The maximum atomic E-state index is 6.04. The largest absolute Gasteiger partial charge is 0.490 e. The van der Waals surface area contributed by atoms with E-state index in [0.29, 0.717) is 6.61 Å². The molecule has 2 nitrogen and oxygen atoms in total. The van der Waals surface area contributed by atoms with Gasteiger partial charge >= 0.3 is 0 Å². The van der Waals surface area contributed by atoms with Crippen LogP contribution in [0.25, 0.3) is 32.3 Å². The van der Waals surface area contributed by atoms with Crippen molar-refractivity contribution in [2.24, 2.45) is 0 Å². The van der Waals surface area contributed by atoms with Gasteiger partial charge in [-0.2, -0.15) is 0 Å². The van der Waals surface area contributed by atoms with Crippen molar-refractivity contribution in [3.63, 3.8) is 0 Å². The van der Waals surface area contributed by atoms with E-state index in [-0.39, 0.29) is 13.5 Å². The Hall–Kier alpha value is -2.58. The van der Waals surface area contributed by atoms with E-state index in [9.17, 15) is 0 Å². The van der Waals surface area contributed by atoms with Gasteiger partial charge in [0.1, 0.15) is 18.5 Å². The van der Waals surface area contributed by atoms with Crippen LogP contribution in [0.2, 0.25) is 0 Å². The molecule has 24 heavy (non-hydrogen) atoms. The zero-order chi connectivity index (χ0) is 15.2. The van der Waals surface area contributed by atoms with E-state index in [1.165, 1.54) is 32.3 Å². The van der Waals surface area contributed by atoms with Gasteiger partial charge in [-0.05, 0) is 45.1 Å². The third kappa shape index (κ3) is 2.49. The Morgan fingerprint density at radius 3 is 2.33 bits per heavy atom. The second kappa shape index (κ2) is 5.81. The fourth-order valence-electron chi connectivity index (χ4n) is 3.23. The summed E-state index contributed by atoms with van der Waals surface area (Å²) in [7, 11) is 0. The summed E-state index contributed by atoms with van der Waals surface area (Å²) < 4.78 is 11.3. The highest BCUT2D eigenvalue weighted by molar-refractivity contribution is 6.14. The molecule has 1 fully saturated rings. The van der Waals surface area contributed by atoms with Crippen LogP contribution in [-0.4, -0.2) is 19.3 Å². The zero-order valence-corrected chi connectivity index (χ0v) is 12.7. The van der Waals surface area contributed by atoms with Gasteiger partial charge in [0, 0.05) is 5.39 Å². The maximum Gasteiger partial charge on any atom is 0.127 e. The predicted molar refractivity (Wildman–Crippen MR) is 101 cm³/mol. The van der Waals surface area contributed by atoms with Gasteiger partial charge < -0.3 is 9.47 Å². The van der Waals surface area contributed by atoms with E-state index >= 15 is 0 Å². The van der Waals surface area contributed by atoms with Crippen LogP contribution in [0.4, 0.5) is 0 Å². The van der Waals surface area contributed by atoms with Crippen molar-refractivity contribution in [3.8, 4) is 5.75 Å². The van der Waals surface area contributed by atoms with Crippen LogP contribution < -0.4 is 4.74 Å². The highest BCUT2D eigenvalue weighted by Crippen LogP contribution is 2.35. The van der Waals surface area contributed by atoms with Gasteiger partial charge in [0.05, 0.1) is 6.61 Å². The molecular weight excluding hydrogens is 296 g/mol. The average molecular weight is 316 g/mol. The van der Waals surface area contributed by atoms with Crippen LogP contribution in [0.15, 0.2) is 66.7 Å². The van der Waals surface area contributed by atoms with E-state index in [1.54, 1.807) is 0 Å². The van der Waals surface area contributed by atoms with Gasteiger partial charge in [-0.3, -0.25) is 0 Å². The van der Waals surface area contributed by atoms with Crippen molar-refractivity contribution in [1.29, 1.82) is 0 Å². The summed E-state index contributed by atoms with van der Waals surface area (Å²) in [6.45, 7) is 1.44. The maximum absolute atomic E-state index is 6.04. The van der Waals surface area contributed by atoms with Crippen molar-refractivity contribution in [2.45, 2.75) is 13.5 Å². The molecule has 0 radical (unpaired) electrons. The summed E-state index contributed by atoms with van der Waals surface area (Å²) in [6.07, 6.45) is 0.265. The number of fused-ring (bicyclic) bond motifs is 4. The topological polar surface area (TPSA) is 21.8 Å². The third-order valence-electron chi connectivity index (χ3n) is 4.52. The van der Waals surface area contributed by atoms with Crippen LogP contribution >= 0.6 is 0 Å². The first kappa shape index (κ1) is 15.0. The van der Waals surface area contributed by atoms with Gasteiger partial charge in [-0.25, -0.2) is 0 Å². The summed E-state index contributed by atoms with van der Waals surface area (Å²) in [5.74, 6) is 0.943. The van der Waals surface area contributed by atoms with Gasteiger partial charge in [0.2, 0.25) is 0 Å². The van der Waals surface area contributed by atoms with Crippen LogP contribution in [0.3, 0.4) is 0 Å². The molecular formula is C22H20O2. The second-order valence-corrected chi connectivity index (χ2v) is 6.11. The highest BCUT2D eigenvalue weighted by Gasteiger charge is 2.23. The molecule has 4 aromatic carbocycles. The fraction of sp³-hybridized carbons (Fsp3) is 0.182. The van der Waals surface area contributed by atoms with Crippen molar-refractivity contribution < 1.29 is 9.47 Å². The molecule has 0 bridgehead atoms. The lowest BCUT2D eigenvalue weighted by molar-refractivity contribution is 0.265. The number of hydrogen-bond acceptors (Lipinski definition) is 2. The molecule has 0 spiro atoms. The molecule has 120 valence electrons. The Labute approximate surface area is 141 Å². The zero-order valence-electron chi connectivity index (χ0n) is 12.7. The highest BCUT2D eigenvalue weighted by atomic mass is 16.6. The Morgan fingerprint density at radius 1 is 0.833 bits per heavy atom. The minimum atomic E-state index is 0. The minimum absolute atomic E-state index is 0. The van der Waals surface area contributed by atoms with E-state index in [0.717, 1.165) is 12.4 Å². The van der Waals surface area contributed by atoms with Crippen molar-refractivity contribution >= 4 is 32.3 Å². The van der Waals surface area contributed by atoms with E-state index in [4.69, 9.17) is 9.47 Å². The van der Waals surface area contributed by atoms with Crippen LogP contribution in [0, 0.1) is 0 Å². The van der Waals surface area contributed by atoms with Crippen molar-refractivity contribution in [2.75, 3.05) is 13.2 Å². The Balaban J connectivity index is 0.00000146. The normalized spacial score (nSPS) is 16.2. The van der Waals surface area contributed by atoms with Gasteiger partial charge in [0.15, 0.2) is 0 Å². The molecule has 4 aromatic rings. The molecule has 1 atom stereocenters. The number of epoxide rings is 1. The Bertz CT molecular complexity index is 1030. The monoisotopic (exact) mass is 316 g/mol. The number of ether oxygens (including phenoxy) is 2. The molecule has 1 aliphatic heterocycles. The predicted octanol–water partition coefficient (Wildman–Crippen LogP) is 5.56. The Morgan fingerprint density at radius 2 is 1.54 bits per heavy atom. The molecule has 1 aliphatic rings. The van der Waals surface area contributed by atoms with Crippen LogP contribution in [0.1, 0.15) is 7.43 Å². The summed E-state index contributed by atoms with van der Waals surface area (Å²) in [5.41, 5.74) is 0. The summed E-state index contributed by atoms with van der Waals surface area (Å²) >= 11 is 0. The first-order valence-corrected chi connectivity index (χ1v) is 7.97. The molecule has 0 N–H and O–H groups in total. The lowest BCUT2D eigenvalue weighted by Crippen LogP contribution is -2.04. The number of hydrogen-bond donors (Lipinski definition) is 0. The standard InChI is InChI=1S/C21H16O2.CH4/c1-2-5-16-11-19-17(10-15(16)4-1)9-8-14-6-3-7-20(21(14)19)23-13-18-12-22-18;/h1-11,18H,12-13H2;1H4. The summed E-state index contributed by atoms with van der Waals surface area (Å²) in [6, 6.07) is 23.6. The van der Waals surface area contributed by atoms with Crippen LogP contribution in [0.5, 0.6) is 5.75 Å². The van der Waals surface area contributed by atoms with Gasteiger partial charge in [-0.15, -0.1) is 0 Å². The number of benzene rings is 4. The van der Waals surface area contributed by atoms with E-state index in [1.807, 2.05) is 0 Å². The van der Waals surface area contributed by atoms with Gasteiger partial charge in [-0.1, -0.05) is 56.0 Å².